The van der Waals surface area contributed by atoms with Crippen LogP contribution in [0, 0.1) is 0 Å². The Bertz CT molecular complexity index is 768. The van der Waals surface area contributed by atoms with Gasteiger partial charge in [-0.1, -0.05) is 30.3 Å². The third kappa shape index (κ3) is 6.28. The SMILES string of the molecule is COCCN(CCOC)c1nc(N(C)C)nc2c1CN(Cc1ccccc1)CC2.Cl. The summed E-state index contributed by atoms with van der Waals surface area (Å²) in [4.78, 5) is 16.5. The highest BCUT2D eigenvalue weighted by molar-refractivity contribution is 5.85. The monoisotopic (exact) mass is 435 g/mol. The first-order chi connectivity index (χ1) is 14.1. The summed E-state index contributed by atoms with van der Waals surface area (Å²) in [5.74, 6) is 1.76. The van der Waals surface area contributed by atoms with Gasteiger partial charge in [0.05, 0.1) is 18.9 Å². The minimum atomic E-state index is 0. The van der Waals surface area contributed by atoms with Crippen LogP contribution in [-0.4, -0.2) is 76.0 Å². The minimum Gasteiger partial charge on any atom is -0.383 e. The second-order valence-electron chi connectivity index (χ2n) is 7.59. The van der Waals surface area contributed by atoms with Crippen LogP contribution < -0.4 is 9.80 Å². The fourth-order valence-electron chi connectivity index (χ4n) is 3.60. The van der Waals surface area contributed by atoms with Crippen LogP contribution in [0.25, 0.3) is 0 Å². The average molecular weight is 436 g/mol. The summed E-state index contributed by atoms with van der Waals surface area (Å²) in [6.07, 6.45) is 0.931. The Morgan fingerprint density at radius 2 is 1.67 bits per heavy atom. The molecule has 1 aliphatic rings. The molecule has 0 amide bonds. The molecule has 1 aromatic carbocycles. The van der Waals surface area contributed by atoms with Crippen LogP contribution >= 0.6 is 12.4 Å². The molecule has 0 radical (unpaired) electrons. The number of hydrogen-bond acceptors (Lipinski definition) is 7. The van der Waals surface area contributed by atoms with Crippen molar-refractivity contribution in [3.63, 3.8) is 0 Å². The Balaban J connectivity index is 0.00000320. The lowest BCUT2D eigenvalue weighted by Gasteiger charge is -2.33. The Labute approximate surface area is 186 Å². The molecular formula is C22H34ClN5O2. The molecule has 166 valence electrons. The Morgan fingerprint density at radius 1 is 1.00 bits per heavy atom. The number of benzene rings is 1. The normalized spacial score (nSPS) is 13.5. The first-order valence-corrected chi connectivity index (χ1v) is 10.2. The van der Waals surface area contributed by atoms with E-state index in [1.54, 1.807) is 14.2 Å². The fourth-order valence-corrected chi connectivity index (χ4v) is 3.60. The largest absolute Gasteiger partial charge is 0.383 e. The van der Waals surface area contributed by atoms with E-state index in [0.29, 0.717) is 13.2 Å². The molecule has 30 heavy (non-hydrogen) atoms. The molecule has 0 N–H and O–H groups in total. The molecule has 2 aromatic rings. The van der Waals surface area contributed by atoms with E-state index < -0.39 is 0 Å². The molecule has 1 aromatic heterocycles. The number of ether oxygens (including phenoxy) is 2. The summed E-state index contributed by atoms with van der Waals surface area (Å²) in [6, 6.07) is 10.6. The lowest BCUT2D eigenvalue weighted by molar-refractivity contribution is 0.189. The molecule has 8 heteroatoms. The predicted octanol–water partition coefficient (Wildman–Crippen LogP) is 2.62. The maximum absolute atomic E-state index is 5.35. The summed E-state index contributed by atoms with van der Waals surface area (Å²) in [5.41, 5.74) is 3.71. The highest BCUT2D eigenvalue weighted by Gasteiger charge is 2.25. The molecule has 0 fully saturated rings. The molecule has 0 spiro atoms. The summed E-state index contributed by atoms with van der Waals surface area (Å²) in [7, 11) is 7.45. The van der Waals surface area contributed by atoms with Gasteiger partial charge in [0.25, 0.3) is 0 Å². The van der Waals surface area contributed by atoms with Gasteiger partial charge in [0.1, 0.15) is 5.82 Å². The van der Waals surface area contributed by atoms with E-state index in [1.807, 2.05) is 19.0 Å². The van der Waals surface area contributed by atoms with Gasteiger partial charge in [-0.2, -0.15) is 4.98 Å². The number of fused-ring (bicyclic) bond motifs is 1. The van der Waals surface area contributed by atoms with Gasteiger partial charge < -0.3 is 19.3 Å². The molecule has 3 rings (SSSR count). The van der Waals surface area contributed by atoms with Crippen LogP contribution in [0.3, 0.4) is 0 Å². The van der Waals surface area contributed by atoms with E-state index in [2.05, 4.69) is 40.1 Å². The van der Waals surface area contributed by atoms with Crippen LogP contribution in [0.5, 0.6) is 0 Å². The lowest BCUT2D eigenvalue weighted by Crippen LogP contribution is -2.37. The lowest BCUT2D eigenvalue weighted by atomic mass is 10.0. The standard InChI is InChI=1S/C22H33N5O2.ClH/c1-25(2)22-23-20-10-11-26(16-18-8-6-5-7-9-18)17-19(20)21(24-22)27(12-14-28-3)13-15-29-4;/h5-9H,10-17H2,1-4H3;1H. The van der Waals surface area contributed by atoms with Crippen molar-refractivity contribution in [3.05, 3.63) is 47.2 Å². The smallest absolute Gasteiger partial charge is 0.227 e. The summed E-state index contributed by atoms with van der Waals surface area (Å²) in [5, 5.41) is 0. The van der Waals surface area contributed by atoms with Gasteiger partial charge in [-0.3, -0.25) is 4.90 Å². The maximum atomic E-state index is 5.35. The Kier molecular flexibility index (Phi) is 9.78. The zero-order valence-electron chi connectivity index (χ0n) is 18.5. The van der Waals surface area contributed by atoms with Crippen molar-refractivity contribution in [1.82, 2.24) is 14.9 Å². The molecule has 1 aliphatic heterocycles. The highest BCUT2D eigenvalue weighted by atomic mass is 35.5. The highest BCUT2D eigenvalue weighted by Crippen LogP contribution is 2.29. The summed E-state index contributed by atoms with van der Waals surface area (Å²) < 4.78 is 10.7. The molecule has 0 saturated heterocycles. The van der Waals surface area contributed by atoms with Crippen LogP contribution in [0.1, 0.15) is 16.8 Å². The zero-order chi connectivity index (χ0) is 20.6. The number of methoxy groups -OCH3 is 2. The number of aromatic nitrogens is 2. The van der Waals surface area contributed by atoms with Gasteiger partial charge in [0.2, 0.25) is 5.95 Å². The first kappa shape index (κ1) is 24.3. The van der Waals surface area contributed by atoms with E-state index in [4.69, 9.17) is 19.4 Å². The van der Waals surface area contributed by atoms with Crippen LogP contribution in [0.15, 0.2) is 30.3 Å². The number of hydrogen-bond donors (Lipinski definition) is 0. The van der Waals surface area contributed by atoms with Gasteiger partial charge in [0, 0.05) is 73.0 Å². The van der Waals surface area contributed by atoms with Crippen LogP contribution in [0.2, 0.25) is 0 Å². The minimum absolute atomic E-state index is 0. The Morgan fingerprint density at radius 3 is 2.27 bits per heavy atom. The number of nitrogens with zero attached hydrogens (tertiary/aromatic N) is 5. The van der Waals surface area contributed by atoms with E-state index in [-0.39, 0.29) is 12.4 Å². The van der Waals surface area contributed by atoms with Gasteiger partial charge in [0.15, 0.2) is 0 Å². The molecule has 0 atom stereocenters. The van der Waals surface area contributed by atoms with Gasteiger partial charge in [-0.25, -0.2) is 4.98 Å². The zero-order valence-corrected chi connectivity index (χ0v) is 19.3. The van der Waals surface area contributed by atoms with Gasteiger partial charge in [-0.05, 0) is 5.56 Å². The van der Waals surface area contributed by atoms with Crippen molar-refractivity contribution in [1.29, 1.82) is 0 Å². The van der Waals surface area contributed by atoms with E-state index in [0.717, 1.165) is 56.6 Å². The van der Waals surface area contributed by atoms with E-state index in [1.165, 1.54) is 11.1 Å². The predicted molar refractivity (Wildman–Crippen MR) is 124 cm³/mol. The quantitative estimate of drug-likeness (QED) is 0.568. The van der Waals surface area contributed by atoms with E-state index in [9.17, 15) is 0 Å². The van der Waals surface area contributed by atoms with Crippen molar-refractivity contribution in [2.24, 2.45) is 0 Å². The molecule has 2 heterocycles. The van der Waals surface area contributed by atoms with Gasteiger partial charge >= 0.3 is 0 Å². The van der Waals surface area contributed by atoms with Crippen molar-refractivity contribution >= 4 is 24.2 Å². The summed E-state index contributed by atoms with van der Waals surface area (Å²) >= 11 is 0. The number of anilines is 2. The molecule has 7 nitrogen and oxygen atoms in total. The maximum Gasteiger partial charge on any atom is 0.227 e. The topological polar surface area (TPSA) is 54.0 Å². The van der Waals surface area contributed by atoms with Crippen molar-refractivity contribution in [3.8, 4) is 0 Å². The van der Waals surface area contributed by atoms with Gasteiger partial charge in [-0.15, -0.1) is 12.4 Å². The second kappa shape index (κ2) is 12.1. The van der Waals surface area contributed by atoms with E-state index >= 15 is 0 Å². The van der Waals surface area contributed by atoms with Crippen molar-refractivity contribution in [2.45, 2.75) is 19.5 Å². The Hall–Kier alpha value is -1.93. The molecule has 0 bridgehead atoms. The van der Waals surface area contributed by atoms with Crippen LogP contribution in [0.4, 0.5) is 11.8 Å². The fraction of sp³-hybridized carbons (Fsp3) is 0.545. The molecule has 0 unspecified atom stereocenters. The molecule has 0 aliphatic carbocycles. The third-order valence-corrected chi connectivity index (χ3v) is 5.18. The molecular weight excluding hydrogens is 402 g/mol. The third-order valence-electron chi connectivity index (χ3n) is 5.18. The van der Waals surface area contributed by atoms with Crippen molar-refractivity contribution < 1.29 is 9.47 Å². The average Bonchev–Trinajstić information content (AvgIpc) is 2.74. The second-order valence-corrected chi connectivity index (χ2v) is 7.59. The summed E-state index contributed by atoms with van der Waals surface area (Å²) in [6.45, 7) is 5.63. The number of halogens is 1. The van der Waals surface area contributed by atoms with Crippen molar-refractivity contribution in [2.75, 3.05) is 71.0 Å². The molecule has 0 saturated carbocycles. The first-order valence-electron chi connectivity index (χ1n) is 10.2. The number of rotatable bonds is 10. The van der Waals surface area contributed by atoms with Crippen LogP contribution in [-0.2, 0) is 29.0 Å².